The molecular formula is C12H13N3O2. The number of hydrogen-bond acceptors (Lipinski definition) is 4. The highest BCUT2D eigenvalue weighted by Crippen LogP contribution is 2.36. The molecule has 0 amide bonds. The Morgan fingerprint density at radius 3 is 2.71 bits per heavy atom. The smallest absolute Gasteiger partial charge is 0.270 e. The van der Waals surface area contributed by atoms with Gasteiger partial charge in [0.2, 0.25) is 0 Å². The van der Waals surface area contributed by atoms with Crippen LogP contribution in [0.5, 0.6) is 0 Å². The topological polar surface area (TPSA) is 79.0 Å². The maximum absolute atomic E-state index is 10.6. The fourth-order valence-electron chi connectivity index (χ4n) is 2.00. The van der Waals surface area contributed by atoms with Crippen LogP contribution in [0.3, 0.4) is 0 Å². The second-order valence-electron chi connectivity index (χ2n) is 4.64. The van der Waals surface area contributed by atoms with E-state index in [-0.39, 0.29) is 11.2 Å². The van der Waals surface area contributed by atoms with E-state index in [1.807, 2.05) is 6.07 Å². The fraction of sp³-hybridized carbons (Fsp3) is 0.417. The van der Waals surface area contributed by atoms with Crippen LogP contribution in [0.4, 0.5) is 11.4 Å². The number of hydrogen-bond donors (Lipinski definition) is 1. The Morgan fingerprint density at radius 2 is 2.24 bits per heavy atom. The van der Waals surface area contributed by atoms with E-state index in [0.29, 0.717) is 11.3 Å². The van der Waals surface area contributed by atoms with E-state index in [0.717, 1.165) is 12.8 Å². The first kappa shape index (κ1) is 11.4. The highest BCUT2D eigenvalue weighted by molar-refractivity contribution is 5.62. The first-order valence-electron chi connectivity index (χ1n) is 5.51. The zero-order chi connectivity index (χ0) is 12.5. The maximum atomic E-state index is 10.6. The third-order valence-corrected chi connectivity index (χ3v) is 3.23. The minimum absolute atomic E-state index is 0.0295. The van der Waals surface area contributed by atoms with Crippen molar-refractivity contribution >= 4 is 11.4 Å². The Kier molecular flexibility index (Phi) is 2.72. The van der Waals surface area contributed by atoms with Gasteiger partial charge in [-0.3, -0.25) is 10.1 Å². The van der Waals surface area contributed by atoms with Crippen LogP contribution >= 0.6 is 0 Å². The first-order chi connectivity index (χ1) is 8.04. The van der Waals surface area contributed by atoms with Gasteiger partial charge in [-0.1, -0.05) is 0 Å². The second kappa shape index (κ2) is 4.06. The van der Waals surface area contributed by atoms with Crippen LogP contribution in [0.1, 0.15) is 31.7 Å². The van der Waals surface area contributed by atoms with E-state index in [9.17, 15) is 10.1 Å². The molecule has 1 aliphatic carbocycles. The quantitative estimate of drug-likeness (QED) is 0.640. The van der Waals surface area contributed by atoms with Crippen molar-refractivity contribution in [3.63, 3.8) is 0 Å². The van der Waals surface area contributed by atoms with Crippen molar-refractivity contribution in [3.8, 4) is 6.07 Å². The van der Waals surface area contributed by atoms with Gasteiger partial charge in [-0.25, -0.2) is 0 Å². The van der Waals surface area contributed by atoms with Gasteiger partial charge in [0.1, 0.15) is 6.07 Å². The van der Waals surface area contributed by atoms with E-state index >= 15 is 0 Å². The molecule has 1 aromatic carbocycles. The standard InChI is InChI=1S/C12H13N3O2/c1-12(5-2-6-12)14-11-4-3-10(15(16)17)7-9(11)8-13/h3-4,7,14H,2,5-6H2,1H3. The number of rotatable bonds is 3. The third-order valence-electron chi connectivity index (χ3n) is 3.23. The molecular weight excluding hydrogens is 218 g/mol. The first-order valence-corrected chi connectivity index (χ1v) is 5.51. The van der Waals surface area contributed by atoms with E-state index in [1.54, 1.807) is 6.07 Å². The third kappa shape index (κ3) is 2.21. The minimum atomic E-state index is -0.490. The van der Waals surface area contributed by atoms with Crippen molar-refractivity contribution in [2.75, 3.05) is 5.32 Å². The number of non-ortho nitro benzene ring substituents is 1. The lowest BCUT2D eigenvalue weighted by molar-refractivity contribution is -0.384. The maximum Gasteiger partial charge on any atom is 0.270 e. The average molecular weight is 231 g/mol. The molecule has 0 spiro atoms. The summed E-state index contributed by atoms with van der Waals surface area (Å²) >= 11 is 0. The summed E-state index contributed by atoms with van der Waals surface area (Å²) in [6, 6.07) is 6.34. The summed E-state index contributed by atoms with van der Waals surface area (Å²) < 4.78 is 0. The molecule has 0 heterocycles. The molecule has 1 fully saturated rings. The summed E-state index contributed by atoms with van der Waals surface area (Å²) in [6.45, 7) is 2.10. The van der Waals surface area contributed by atoms with Gasteiger partial charge >= 0.3 is 0 Å². The molecule has 2 rings (SSSR count). The summed E-state index contributed by atoms with van der Waals surface area (Å²) in [4.78, 5) is 10.1. The number of nitro benzene ring substituents is 1. The Labute approximate surface area is 99.2 Å². The van der Waals surface area contributed by atoms with E-state index in [4.69, 9.17) is 5.26 Å². The van der Waals surface area contributed by atoms with Gasteiger partial charge in [-0.2, -0.15) is 5.26 Å². The van der Waals surface area contributed by atoms with Crippen molar-refractivity contribution in [2.45, 2.75) is 31.7 Å². The summed E-state index contributed by atoms with van der Waals surface area (Å²) in [5, 5.41) is 22.9. The molecule has 5 heteroatoms. The fourth-order valence-corrected chi connectivity index (χ4v) is 2.00. The molecule has 0 aliphatic heterocycles. The van der Waals surface area contributed by atoms with Crippen LogP contribution in [0.2, 0.25) is 0 Å². The Morgan fingerprint density at radius 1 is 1.53 bits per heavy atom. The Bertz CT molecular complexity index is 501. The molecule has 1 aromatic rings. The van der Waals surface area contributed by atoms with E-state index in [1.165, 1.54) is 18.6 Å². The van der Waals surface area contributed by atoms with Gasteiger partial charge in [0, 0.05) is 17.7 Å². The van der Waals surface area contributed by atoms with Crippen molar-refractivity contribution < 1.29 is 4.92 Å². The van der Waals surface area contributed by atoms with Gasteiger partial charge in [-0.15, -0.1) is 0 Å². The molecule has 88 valence electrons. The predicted molar refractivity (Wildman–Crippen MR) is 63.7 cm³/mol. The van der Waals surface area contributed by atoms with Crippen LogP contribution in [-0.4, -0.2) is 10.5 Å². The van der Waals surface area contributed by atoms with Crippen LogP contribution in [-0.2, 0) is 0 Å². The molecule has 0 radical (unpaired) electrons. The number of nitriles is 1. The predicted octanol–water partition coefficient (Wildman–Crippen LogP) is 2.82. The Balaban J connectivity index is 2.28. The van der Waals surface area contributed by atoms with Crippen molar-refractivity contribution in [2.24, 2.45) is 0 Å². The molecule has 17 heavy (non-hydrogen) atoms. The molecule has 0 bridgehead atoms. The van der Waals surface area contributed by atoms with E-state index in [2.05, 4.69) is 12.2 Å². The number of nitro groups is 1. The molecule has 1 aliphatic rings. The lowest BCUT2D eigenvalue weighted by Gasteiger charge is -2.40. The SMILES string of the molecule is CC1(Nc2ccc([N+](=O)[O-])cc2C#N)CCC1. The molecule has 0 aromatic heterocycles. The van der Waals surface area contributed by atoms with Gasteiger partial charge in [-0.05, 0) is 32.3 Å². The zero-order valence-corrected chi connectivity index (χ0v) is 9.56. The number of anilines is 1. The summed E-state index contributed by atoms with van der Waals surface area (Å²) in [7, 11) is 0. The lowest BCUT2D eigenvalue weighted by atomic mass is 9.78. The van der Waals surface area contributed by atoms with Gasteiger partial charge in [0.25, 0.3) is 5.69 Å². The largest absolute Gasteiger partial charge is 0.379 e. The zero-order valence-electron chi connectivity index (χ0n) is 9.56. The highest BCUT2D eigenvalue weighted by atomic mass is 16.6. The van der Waals surface area contributed by atoms with Crippen molar-refractivity contribution in [1.82, 2.24) is 0 Å². The summed E-state index contributed by atoms with van der Waals surface area (Å²) in [6.07, 6.45) is 3.31. The molecule has 0 saturated heterocycles. The van der Waals surface area contributed by atoms with Gasteiger partial charge in [0.15, 0.2) is 0 Å². The minimum Gasteiger partial charge on any atom is -0.379 e. The highest BCUT2D eigenvalue weighted by Gasteiger charge is 2.32. The van der Waals surface area contributed by atoms with Crippen molar-refractivity contribution in [1.29, 1.82) is 5.26 Å². The van der Waals surface area contributed by atoms with E-state index < -0.39 is 4.92 Å². The molecule has 1 N–H and O–H groups in total. The Hall–Kier alpha value is -2.09. The molecule has 5 nitrogen and oxygen atoms in total. The van der Waals surface area contributed by atoms with Crippen LogP contribution in [0.25, 0.3) is 0 Å². The number of benzene rings is 1. The van der Waals surface area contributed by atoms with Crippen molar-refractivity contribution in [3.05, 3.63) is 33.9 Å². The summed E-state index contributed by atoms with van der Waals surface area (Å²) in [5.74, 6) is 0. The van der Waals surface area contributed by atoms with Gasteiger partial charge in [0.05, 0.1) is 16.2 Å². The van der Waals surface area contributed by atoms with Crippen LogP contribution in [0.15, 0.2) is 18.2 Å². The van der Waals surface area contributed by atoms with Crippen LogP contribution in [0, 0.1) is 21.4 Å². The number of nitrogens with one attached hydrogen (secondary N) is 1. The van der Waals surface area contributed by atoms with Crippen LogP contribution < -0.4 is 5.32 Å². The lowest BCUT2D eigenvalue weighted by Crippen LogP contribution is -2.41. The summed E-state index contributed by atoms with van der Waals surface area (Å²) in [5.41, 5.74) is 0.986. The second-order valence-corrected chi connectivity index (χ2v) is 4.64. The molecule has 1 saturated carbocycles. The number of nitrogens with zero attached hydrogens (tertiary/aromatic N) is 2. The molecule has 0 atom stereocenters. The molecule has 0 unspecified atom stereocenters. The van der Waals surface area contributed by atoms with Gasteiger partial charge < -0.3 is 5.32 Å². The average Bonchev–Trinajstić information content (AvgIpc) is 2.27. The monoisotopic (exact) mass is 231 g/mol. The normalized spacial score (nSPS) is 16.7.